The van der Waals surface area contributed by atoms with Crippen molar-refractivity contribution in [2.75, 3.05) is 0 Å². The van der Waals surface area contributed by atoms with E-state index in [0.717, 1.165) is 0 Å². The fourth-order valence-corrected chi connectivity index (χ4v) is 1.25. The average molecular weight is 270 g/mol. The smallest absolute Gasteiger partial charge is 0.382 e. The Morgan fingerprint density at radius 2 is 2.20 bits per heavy atom. The minimum Gasteiger partial charge on any atom is -0.472 e. The minimum atomic E-state index is -1.33. The molecule has 0 unspecified atom stereocenters. The molecule has 0 bridgehead atoms. The summed E-state index contributed by atoms with van der Waals surface area (Å²) in [5.74, 6) is 2.71. The van der Waals surface area contributed by atoms with Crippen LogP contribution >= 0.6 is 15.9 Å². The molecule has 0 atom stereocenters. The fraction of sp³-hybridized carbons (Fsp3) is 0. The second-order valence-electron chi connectivity index (χ2n) is 2.47. The lowest BCUT2D eigenvalue weighted by atomic mass is 10.2. The van der Waals surface area contributed by atoms with Gasteiger partial charge in [0.1, 0.15) is 5.56 Å². The highest BCUT2D eigenvalue weighted by atomic mass is 79.9. The molecule has 0 heterocycles. The summed E-state index contributed by atoms with van der Waals surface area (Å²) in [7, 11) is 0. The van der Waals surface area contributed by atoms with Crippen molar-refractivity contribution in [1.29, 1.82) is 0 Å². The lowest BCUT2D eigenvalue weighted by Crippen LogP contribution is -1.93. The van der Waals surface area contributed by atoms with Gasteiger partial charge >= 0.3 is 5.97 Å². The number of carboxylic acid groups (broad SMARTS) is 1. The standard InChI is InChI=1S/C9H4BrNO4/c10-7-2-3-8(11(14)15)6(5-7)1-4-9(12)13/h2-3,5H,(H,12,13). The van der Waals surface area contributed by atoms with Crippen LogP contribution in [0.5, 0.6) is 0 Å². The molecule has 0 saturated heterocycles. The molecule has 6 heteroatoms. The van der Waals surface area contributed by atoms with E-state index in [9.17, 15) is 14.9 Å². The number of carboxylic acids is 1. The molecule has 76 valence electrons. The van der Waals surface area contributed by atoms with E-state index in [1.54, 1.807) is 0 Å². The molecule has 0 aliphatic rings. The number of benzene rings is 1. The van der Waals surface area contributed by atoms with Crippen molar-refractivity contribution in [3.8, 4) is 11.8 Å². The van der Waals surface area contributed by atoms with E-state index >= 15 is 0 Å². The van der Waals surface area contributed by atoms with Crippen LogP contribution in [0.4, 0.5) is 5.69 Å². The van der Waals surface area contributed by atoms with Gasteiger partial charge in [0, 0.05) is 16.5 Å². The highest BCUT2D eigenvalue weighted by Gasteiger charge is 2.11. The molecule has 0 aliphatic heterocycles. The zero-order valence-electron chi connectivity index (χ0n) is 7.23. The van der Waals surface area contributed by atoms with Crippen LogP contribution in [-0.2, 0) is 4.79 Å². The summed E-state index contributed by atoms with van der Waals surface area (Å²) in [6, 6.07) is 4.15. The zero-order valence-corrected chi connectivity index (χ0v) is 8.82. The van der Waals surface area contributed by atoms with Crippen molar-refractivity contribution in [3.63, 3.8) is 0 Å². The number of halogens is 1. The summed E-state index contributed by atoms with van der Waals surface area (Å²) < 4.78 is 0.600. The molecule has 0 amide bonds. The number of nitrogens with zero attached hydrogens (tertiary/aromatic N) is 1. The minimum absolute atomic E-state index is 0.0665. The van der Waals surface area contributed by atoms with Gasteiger partial charge in [-0.05, 0) is 18.1 Å². The quantitative estimate of drug-likeness (QED) is 0.479. The first-order valence-corrected chi connectivity index (χ1v) is 4.49. The highest BCUT2D eigenvalue weighted by molar-refractivity contribution is 9.10. The molecule has 1 N–H and O–H groups in total. The number of hydrogen-bond acceptors (Lipinski definition) is 3. The van der Waals surface area contributed by atoms with Gasteiger partial charge in [-0.3, -0.25) is 10.1 Å². The van der Waals surface area contributed by atoms with Crippen LogP contribution in [0.2, 0.25) is 0 Å². The molecule has 1 aromatic rings. The maximum atomic E-state index is 10.6. The first kappa shape index (κ1) is 11.2. The third-order valence-electron chi connectivity index (χ3n) is 1.46. The molecule has 0 spiro atoms. The number of aliphatic carboxylic acids is 1. The fourth-order valence-electron chi connectivity index (χ4n) is 0.888. The van der Waals surface area contributed by atoms with Crippen LogP contribution in [0.1, 0.15) is 5.56 Å². The third kappa shape index (κ3) is 3.07. The van der Waals surface area contributed by atoms with Crippen molar-refractivity contribution >= 4 is 27.6 Å². The maximum absolute atomic E-state index is 10.6. The topological polar surface area (TPSA) is 80.4 Å². The van der Waals surface area contributed by atoms with Crippen molar-refractivity contribution in [1.82, 2.24) is 0 Å². The molecule has 15 heavy (non-hydrogen) atoms. The third-order valence-corrected chi connectivity index (χ3v) is 1.95. The van der Waals surface area contributed by atoms with Crippen LogP contribution in [0.15, 0.2) is 22.7 Å². The first-order valence-electron chi connectivity index (χ1n) is 3.69. The van der Waals surface area contributed by atoms with Gasteiger partial charge in [0.05, 0.1) is 4.92 Å². The van der Waals surface area contributed by atoms with Gasteiger partial charge < -0.3 is 5.11 Å². The number of nitro groups is 1. The van der Waals surface area contributed by atoms with Gasteiger partial charge in [0.2, 0.25) is 0 Å². The number of rotatable bonds is 1. The zero-order chi connectivity index (χ0) is 11.4. The lowest BCUT2D eigenvalue weighted by molar-refractivity contribution is -0.385. The van der Waals surface area contributed by atoms with Crippen LogP contribution < -0.4 is 0 Å². The number of carbonyl (C=O) groups is 1. The molecule has 1 rings (SSSR count). The van der Waals surface area contributed by atoms with Crippen molar-refractivity contribution in [3.05, 3.63) is 38.3 Å². The Balaban J connectivity index is 3.27. The van der Waals surface area contributed by atoms with Gasteiger partial charge in [0.25, 0.3) is 5.69 Å². The molecule has 0 radical (unpaired) electrons. The lowest BCUT2D eigenvalue weighted by Gasteiger charge is -1.95. The Morgan fingerprint density at radius 3 is 2.73 bits per heavy atom. The van der Waals surface area contributed by atoms with Gasteiger partial charge in [0.15, 0.2) is 0 Å². The molecular weight excluding hydrogens is 266 g/mol. The summed E-state index contributed by atoms with van der Waals surface area (Å²) >= 11 is 3.11. The van der Waals surface area contributed by atoms with Crippen LogP contribution in [0.3, 0.4) is 0 Å². The van der Waals surface area contributed by atoms with E-state index in [1.807, 2.05) is 5.92 Å². The van der Waals surface area contributed by atoms with Crippen LogP contribution in [0.25, 0.3) is 0 Å². The predicted octanol–water partition coefficient (Wildman–Crippen LogP) is 1.79. The average Bonchev–Trinajstić information content (AvgIpc) is 2.14. The molecule has 5 nitrogen and oxygen atoms in total. The van der Waals surface area contributed by atoms with Gasteiger partial charge in [-0.1, -0.05) is 15.9 Å². The Bertz CT molecular complexity index is 487. The van der Waals surface area contributed by atoms with Crippen molar-refractivity contribution in [2.24, 2.45) is 0 Å². The van der Waals surface area contributed by atoms with Crippen LogP contribution in [0, 0.1) is 22.0 Å². The number of hydrogen-bond donors (Lipinski definition) is 1. The Hall–Kier alpha value is -1.87. The van der Waals surface area contributed by atoms with Crippen LogP contribution in [-0.4, -0.2) is 16.0 Å². The van der Waals surface area contributed by atoms with Gasteiger partial charge in [-0.2, -0.15) is 0 Å². The summed E-state index contributed by atoms with van der Waals surface area (Å²) in [6.45, 7) is 0. The summed E-state index contributed by atoms with van der Waals surface area (Å²) in [4.78, 5) is 20.1. The Kier molecular flexibility index (Phi) is 3.42. The highest BCUT2D eigenvalue weighted by Crippen LogP contribution is 2.21. The van der Waals surface area contributed by atoms with E-state index in [2.05, 4.69) is 21.9 Å². The summed E-state index contributed by atoms with van der Waals surface area (Å²) in [5, 5.41) is 18.9. The van der Waals surface area contributed by atoms with Gasteiger partial charge in [-0.15, -0.1) is 0 Å². The number of nitro benzene ring substituents is 1. The van der Waals surface area contributed by atoms with E-state index < -0.39 is 10.9 Å². The van der Waals surface area contributed by atoms with E-state index in [4.69, 9.17) is 5.11 Å². The van der Waals surface area contributed by atoms with E-state index in [0.29, 0.717) is 4.47 Å². The monoisotopic (exact) mass is 269 g/mol. The second kappa shape index (κ2) is 4.57. The molecule has 0 aliphatic carbocycles. The molecule has 0 saturated carbocycles. The second-order valence-corrected chi connectivity index (χ2v) is 3.39. The Labute approximate surface area is 93.0 Å². The maximum Gasteiger partial charge on any atom is 0.382 e. The summed E-state index contributed by atoms with van der Waals surface area (Å²) in [5.41, 5.74) is -0.149. The molecular formula is C9H4BrNO4. The largest absolute Gasteiger partial charge is 0.472 e. The molecule has 0 fully saturated rings. The predicted molar refractivity (Wildman–Crippen MR) is 55.3 cm³/mol. The SMILES string of the molecule is O=C(O)C#Cc1cc(Br)ccc1[N+](=O)[O-]. The van der Waals surface area contributed by atoms with Crippen molar-refractivity contribution in [2.45, 2.75) is 0 Å². The first-order chi connectivity index (χ1) is 7.00. The molecule has 1 aromatic carbocycles. The Morgan fingerprint density at radius 1 is 1.53 bits per heavy atom. The molecule has 0 aromatic heterocycles. The van der Waals surface area contributed by atoms with E-state index in [1.165, 1.54) is 18.2 Å². The van der Waals surface area contributed by atoms with Crippen molar-refractivity contribution < 1.29 is 14.8 Å². The normalized spacial score (nSPS) is 8.87. The van der Waals surface area contributed by atoms with E-state index in [-0.39, 0.29) is 11.3 Å². The summed E-state index contributed by atoms with van der Waals surface area (Å²) in [6.07, 6.45) is 0. The van der Waals surface area contributed by atoms with Gasteiger partial charge in [-0.25, -0.2) is 4.79 Å².